The summed E-state index contributed by atoms with van der Waals surface area (Å²) in [6.07, 6.45) is 1.33. The summed E-state index contributed by atoms with van der Waals surface area (Å²) in [5, 5.41) is 13.2. The van der Waals surface area contributed by atoms with E-state index >= 15 is 0 Å². The predicted octanol–water partition coefficient (Wildman–Crippen LogP) is 3.54. The summed E-state index contributed by atoms with van der Waals surface area (Å²) >= 11 is 12.5. The molecule has 1 aromatic carbocycles. The number of hydrogen-bond donors (Lipinski definition) is 2. The summed E-state index contributed by atoms with van der Waals surface area (Å²) in [4.78, 5) is 15.6. The average Bonchev–Trinajstić information content (AvgIpc) is 2.82. The largest absolute Gasteiger partial charge is 0.478 e. The van der Waals surface area contributed by atoms with Gasteiger partial charge in [0, 0.05) is 30.1 Å². The van der Waals surface area contributed by atoms with Crippen molar-refractivity contribution in [2.75, 3.05) is 13.2 Å². The molecular formula is C16H15Cl2N3O2. The molecule has 0 unspecified atom stereocenters. The fourth-order valence-electron chi connectivity index (χ4n) is 3.12. The summed E-state index contributed by atoms with van der Waals surface area (Å²) in [6, 6.07) is 3.55. The van der Waals surface area contributed by atoms with E-state index in [1.807, 2.05) is 13.0 Å². The third kappa shape index (κ3) is 2.62. The highest BCUT2D eigenvalue weighted by atomic mass is 35.5. The summed E-state index contributed by atoms with van der Waals surface area (Å²) in [7, 11) is 0. The maximum Gasteiger partial charge on any atom is 0.227 e. The Morgan fingerprint density at radius 1 is 1.48 bits per heavy atom. The lowest BCUT2D eigenvalue weighted by molar-refractivity contribution is -0.122. The lowest BCUT2D eigenvalue weighted by Gasteiger charge is -2.14. The van der Waals surface area contributed by atoms with Crippen LogP contribution in [0.4, 0.5) is 0 Å². The van der Waals surface area contributed by atoms with Crippen LogP contribution < -0.4 is 10.1 Å². The van der Waals surface area contributed by atoms with E-state index in [1.54, 1.807) is 6.07 Å². The minimum absolute atomic E-state index is 0.00976. The fraction of sp³-hybridized carbons (Fsp3) is 0.375. The molecule has 0 saturated heterocycles. The summed E-state index contributed by atoms with van der Waals surface area (Å²) in [6.45, 7) is 2.43. The minimum Gasteiger partial charge on any atom is -0.478 e. The third-order valence-electron chi connectivity index (χ3n) is 4.09. The van der Waals surface area contributed by atoms with Gasteiger partial charge in [0.05, 0.1) is 21.5 Å². The van der Waals surface area contributed by atoms with Crippen molar-refractivity contribution in [1.82, 2.24) is 10.3 Å². The number of carbonyl (C=O) groups is 1. The standard InChI is InChI=1S/C16H15Cl2N3O2/c1-2-8-12-10(3-5-20-16(8)22)21-15-13(12)11(23-6-4-19)7-9(17)14(15)18/h7-8,21H,2-3,5-6H2,1H3,(H,20,22)/t8-/m1/s1. The number of nitrogens with one attached hydrogen (secondary N) is 2. The molecule has 1 atom stereocenters. The van der Waals surface area contributed by atoms with E-state index in [-0.39, 0.29) is 18.4 Å². The molecule has 1 aliphatic rings. The van der Waals surface area contributed by atoms with Crippen molar-refractivity contribution in [1.29, 1.82) is 5.26 Å². The van der Waals surface area contributed by atoms with Gasteiger partial charge in [-0.2, -0.15) is 5.26 Å². The molecule has 1 aromatic heterocycles. The van der Waals surface area contributed by atoms with E-state index < -0.39 is 0 Å². The Hall–Kier alpha value is -1.90. The molecule has 1 aliphatic heterocycles. The highest BCUT2D eigenvalue weighted by Gasteiger charge is 2.30. The van der Waals surface area contributed by atoms with Crippen molar-refractivity contribution in [2.24, 2.45) is 0 Å². The molecule has 0 spiro atoms. The van der Waals surface area contributed by atoms with Crippen molar-refractivity contribution in [3.8, 4) is 11.8 Å². The second-order valence-corrected chi connectivity index (χ2v) is 6.17. The number of fused-ring (bicyclic) bond motifs is 3. The average molecular weight is 352 g/mol. The molecule has 2 N–H and O–H groups in total. The van der Waals surface area contributed by atoms with Crippen molar-refractivity contribution < 1.29 is 9.53 Å². The maximum atomic E-state index is 12.3. The summed E-state index contributed by atoms with van der Waals surface area (Å²) in [5.74, 6) is 0.175. The van der Waals surface area contributed by atoms with Gasteiger partial charge in [-0.3, -0.25) is 4.79 Å². The fourth-order valence-corrected chi connectivity index (χ4v) is 3.51. The first-order chi connectivity index (χ1) is 11.1. The number of aromatic amines is 1. The normalized spacial score (nSPS) is 17.3. The molecule has 0 aliphatic carbocycles. The highest BCUT2D eigenvalue weighted by Crippen LogP contribution is 2.44. The van der Waals surface area contributed by atoms with Crippen molar-refractivity contribution in [2.45, 2.75) is 25.7 Å². The monoisotopic (exact) mass is 351 g/mol. The number of benzene rings is 1. The van der Waals surface area contributed by atoms with Gasteiger partial charge in [0.15, 0.2) is 6.61 Å². The van der Waals surface area contributed by atoms with Crippen molar-refractivity contribution in [3.63, 3.8) is 0 Å². The topological polar surface area (TPSA) is 77.9 Å². The van der Waals surface area contributed by atoms with Gasteiger partial charge in [-0.1, -0.05) is 30.1 Å². The molecule has 0 fully saturated rings. The first kappa shape index (κ1) is 16.0. The molecule has 120 valence electrons. The zero-order valence-corrected chi connectivity index (χ0v) is 14.0. The Bertz CT molecular complexity index is 823. The van der Waals surface area contributed by atoms with Crippen LogP contribution in [-0.4, -0.2) is 24.0 Å². The second kappa shape index (κ2) is 6.31. The first-order valence-electron chi connectivity index (χ1n) is 7.38. The van der Waals surface area contributed by atoms with Gasteiger partial charge in [-0.05, 0) is 12.0 Å². The van der Waals surface area contributed by atoms with Crippen LogP contribution in [0.15, 0.2) is 6.07 Å². The van der Waals surface area contributed by atoms with E-state index in [1.165, 1.54) is 0 Å². The molecule has 2 aromatic rings. The number of carbonyl (C=O) groups excluding carboxylic acids is 1. The van der Waals surface area contributed by atoms with Crippen LogP contribution >= 0.6 is 23.2 Å². The van der Waals surface area contributed by atoms with Crippen LogP contribution in [-0.2, 0) is 11.2 Å². The second-order valence-electron chi connectivity index (χ2n) is 5.39. The van der Waals surface area contributed by atoms with Crippen LogP contribution in [0, 0.1) is 11.3 Å². The Kier molecular flexibility index (Phi) is 4.38. The molecule has 1 amide bonds. The van der Waals surface area contributed by atoms with Crippen molar-refractivity contribution in [3.05, 3.63) is 27.4 Å². The van der Waals surface area contributed by atoms with E-state index in [9.17, 15) is 4.79 Å². The van der Waals surface area contributed by atoms with Gasteiger partial charge < -0.3 is 15.0 Å². The van der Waals surface area contributed by atoms with Gasteiger partial charge in [0.1, 0.15) is 11.8 Å². The number of nitriles is 1. The molecule has 2 heterocycles. The molecule has 0 bridgehead atoms. The molecule has 7 heteroatoms. The number of amides is 1. The SMILES string of the molecule is CC[C@H]1C(=O)NCCc2[nH]c3c(Cl)c(Cl)cc(OCC#N)c3c21. The summed E-state index contributed by atoms with van der Waals surface area (Å²) < 4.78 is 5.54. The van der Waals surface area contributed by atoms with Gasteiger partial charge in [0.2, 0.25) is 5.91 Å². The first-order valence-corrected chi connectivity index (χ1v) is 8.14. The van der Waals surface area contributed by atoms with Gasteiger partial charge >= 0.3 is 0 Å². The Balaban J connectivity index is 2.32. The van der Waals surface area contributed by atoms with E-state index in [2.05, 4.69) is 10.3 Å². The Labute approximate surface area is 143 Å². The van der Waals surface area contributed by atoms with Gasteiger partial charge in [-0.25, -0.2) is 0 Å². The summed E-state index contributed by atoms with van der Waals surface area (Å²) in [5.41, 5.74) is 2.51. The molecule has 0 radical (unpaired) electrons. The van der Waals surface area contributed by atoms with Gasteiger partial charge in [0.25, 0.3) is 0 Å². The number of hydrogen-bond acceptors (Lipinski definition) is 3. The van der Waals surface area contributed by atoms with Crippen LogP contribution in [0.3, 0.4) is 0 Å². The zero-order valence-electron chi connectivity index (χ0n) is 12.5. The molecule has 0 saturated carbocycles. The number of ether oxygens (including phenoxy) is 1. The predicted molar refractivity (Wildman–Crippen MR) is 89.2 cm³/mol. The molecule has 23 heavy (non-hydrogen) atoms. The highest BCUT2D eigenvalue weighted by molar-refractivity contribution is 6.45. The molecule has 3 rings (SSSR count). The smallest absolute Gasteiger partial charge is 0.227 e. The number of halogens is 2. The molecule has 5 nitrogen and oxygen atoms in total. The van der Waals surface area contributed by atoms with E-state index in [0.29, 0.717) is 40.7 Å². The van der Waals surface area contributed by atoms with Gasteiger partial charge in [-0.15, -0.1) is 0 Å². The quantitative estimate of drug-likeness (QED) is 0.887. The lowest BCUT2D eigenvalue weighted by atomic mass is 9.92. The Morgan fingerprint density at radius 2 is 2.26 bits per heavy atom. The van der Waals surface area contributed by atoms with Crippen LogP contribution in [0.2, 0.25) is 10.0 Å². The minimum atomic E-state index is -0.289. The number of aromatic nitrogens is 1. The van der Waals surface area contributed by atoms with Crippen LogP contribution in [0.1, 0.15) is 30.5 Å². The van der Waals surface area contributed by atoms with E-state index in [4.69, 9.17) is 33.2 Å². The third-order valence-corrected chi connectivity index (χ3v) is 4.88. The maximum absolute atomic E-state index is 12.3. The Morgan fingerprint density at radius 3 is 2.96 bits per heavy atom. The number of H-pyrrole nitrogens is 1. The molecular weight excluding hydrogens is 337 g/mol. The number of rotatable bonds is 3. The lowest BCUT2D eigenvalue weighted by Crippen LogP contribution is -2.28. The van der Waals surface area contributed by atoms with E-state index in [0.717, 1.165) is 16.6 Å². The van der Waals surface area contributed by atoms with Crippen molar-refractivity contribution >= 4 is 40.0 Å². The van der Waals surface area contributed by atoms with Crippen LogP contribution in [0.25, 0.3) is 10.9 Å². The van der Waals surface area contributed by atoms with Crippen LogP contribution in [0.5, 0.6) is 5.75 Å². The zero-order chi connectivity index (χ0) is 16.6. The number of nitrogens with zero attached hydrogens (tertiary/aromatic N) is 1.